The van der Waals surface area contributed by atoms with E-state index in [4.69, 9.17) is 4.74 Å². The Hall–Kier alpha value is -2.93. The van der Waals surface area contributed by atoms with E-state index in [2.05, 4.69) is 27.0 Å². The Balaban J connectivity index is 1.44. The quantitative estimate of drug-likeness (QED) is 0.712. The van der Waals surface area contributed by atoms with E-state index in [-0.39, 0.29) is 5.91 Å². The molecule has 2 heterocycles. The highest BCUT2D eigenvalue weighted by Gasteiger charge is 2.22. The van der Waals surface area contributed by atoms with Crippen molar-refractivity contribution in [2.45, 2.75) is 32.4 Å². The topological polar surface area (TPSA) is 81.1 Å². The Kier molecular flexibility index (Phi) is 5.25. The number of carbonyl (C=O) groups is 1. The van der Waals surface area contributed by atoms with Gasteiger partial charge in [0.2, 0.25) is 0 Å². The first-order valence-electron chi connectivity index (χ1n) is 9.63. The van der Waals surface area contributed by atoms with Crippen molar-refractivity contribution in [2.24, 2.45) is 0 Å². The largest absolute Gasteiger partial charge is 0.497 e. The van der Waals surface area contributed by atoms with Gasteiger partial charge >= 0.3 is 0 Å². The van der Waals surface area contributed by atoms with Crippen LogP contribution in [0.3, 0.4) is 0 Å². The molecule has 2 aromatic carbocycles. The maximum Gasteiger partial charge on any atom is 0.274 e. The number of hydrogen-bond donors (Lipinski definition) is 2. The lowest BCUT2D eigenvalue weighted by molar-refractivity contribution is 0.0945. The van der Waals surface area contributed by atoms with Crippen molar-refractivity contribution < 1.29 is 9.53 Å². The summed E-state index contributed by atoms with van der Waals surface area (Å²) in [6.07, 6.45) is 2.01. The average molecular weight is 379 g/mol. The van der Waals surface area contributed by atoms with Gasteiger partial charge < -0.3 is 15.4 Å². The van der Waals surface area contributed by atoms with Crippen LogP contribution in [0.25, 0.3) is 10.8 Å². The van der Waals surface area contributed by atoms with Crippen molar-refractivity contribution in [1.29, 1.82) is 0 Å². The van der Waals surface area contributed by atoms with Gasteiger partial charge in [0.1, 0.15) is 5.75 Å². The number of amides is 1. The molecule has 3 aromatic rings. The van der Waals surface area contributed by atoms with Crippen LogP contribution in [0.5, 0.6) is 5.75 Å². The molecule has 0 saturated carbocycles. The molecule has 0 bridgehead atoms. The number of benzene rings is 2. The molecule has 4 rings (SSSR count). The van der Waals surface area contributed by atoms with E-state index in [1.807, 2.05) is 41.9 Å². The second-order valence-corrected chi connectivity index (χ2v) is 7.18. The average Bonchev–Trinajstić information content (AvgIpc) is 3.13. The summed E-state index contributed by atoms with van der Waals surface area (Å²) < 4.78 is 7.16. The number of carbonyl (C=O) groups excluding carboxylic acids is 1. The lowest BCUT2D eigenvalue weighted by Gasteiger charge is -2.23. The fraction of sp³-hybridized carbons (Fsp3) is 0.381. The second-order valence-electron chi connectivity index (χ2n) is 7.18. The summed E-state index contributed by atoms with van der Waals surface area (Å²) in [6.45, 7) is 4.31. The van der Waals surface area contributed by atoms with Crippen molar-refractivity contribution in [3.63, 3.8) is 0 Å². The van der Waals surface area contributed by atoms with Crippen LogP contribution >= 0.6 is 0 Å². The fourth-order valence-electron chi connectivity index (χ4n) is 3.72. The summed E-state index contributed by atoms with van der Waals surface area (Å²) in [7, 11) is 1.66. The zero-order valence-electron chi connectivity index (χ0n) is 16.2. The third kappa shape index (κ3) is 3.71. The van der Waals surface area contributed by atoms with Crippen LogP contribution in [0.2, 0.25) is 0 Å². The minimum absolute atomic E-state index is 0.187. The molecule has 1 saturated heterocycles. The minimum Gasteiger partial charge on any atom is -0.497 e. The van der Waals surface area contributed by atoms with Crippen LogP contribution in [0, 0.1) is 6.92 Å². The van der Waals surface area contributed by atoms with Gasteiger partial charge in [0.05, 0.1) is 18.8 Å². The molecule has 1 aromatic heterocycles. The van der Waals surface area contributed by atoms with Gasteiger partial charge in [-0.05, 0) is 67.4 Å². The van der Waals surface area contributed by atoms with Crippen molar-refractivity contribution in [3.05, 3.63) is 53.3 Å². The van der Waals surface area contributed by atoms with E-state index < -0.39 is 0 Å². The van der Waals surface area contributed by atoms with Gasteiger partial charge in [0, 0.05) is 6.54 Å². The molecule has 0 aliphatic carbocycles. The van der Waals surface area contributed by atoms with Crippen LogP contribution in [0.4, 0.5) is 0 Å². The molecule has 0 atom stereocenters. The maximum atomic E-state index is 12.6. The lowest BCUT2D eigenvalue weighted by atomic mass is 10.1. The van der Waals surface area contributed by atoms with Crippen LogP contribution in [-0.2, 0) is 6.54 Å². The van der Waals surface area contributed by atoms with Crippen molar-refractivity contribution in [2.75, 3.05) is 20.2 Å². The molecule has 1 aliphatic rings. The van der Waals surface area contributed by atoms with Gasteiger partial charge in [-0.3, -0.25) is 4.79 Å². The Morgan fingerprint density at radius 3 is 2.75 bits per heavy atom. The first-order chi connectivity index (χ1) is 13.7. The number of rotatable bonds is 5. The molecule has 7 nitrogen and oxygen atoms in total. The monoisotopic (exact) mass is 379 g/mol. The molecule has 1 aliphatic heterocycles. The van der Waals surface area contributed by atoms with Gasteiger partial charge in [-0.15, -0.1) is 5.10 Å². The number of nitrogens with zero attached hydrogens (tertiary/aromatic N) is 3. The molecule has 7 heteroatoms. The van der Waals surface area contributed by atoms with E-state index in [9.17, 15) is 4.79 Å². The summed E-state index contributed by atoms with van der Waals surface area (Å²) in [4.78, 5) is 12.6. The van der Waals surface area contributed by atoms with Crippen LogP contribution < -0.4 is 15.4 Å². The Morgan fingerprint density at radius 2 is 1.96 bits per heavy atom. The predicted octanol–water partition coefficient (Wildman–Crippen LogP) is 2.60. The highest BCUT2D eigenvalue weighted by Crippen LogP contribution is 2.22. The number of methoxy groups -OCH3 is 1. The molecule has 2 N–H and O–H groups in total. The predicted molar refractivity (Wildman–Crippen MR) is 108 cm³/mol. The molecular weight excluding hydrogens is 354 g/mol. The number of fused-ring (bicyclic) bond motifs is 1. The van der Waals surface area contributed by atoms with E-state index in [0.717, 1.165) is 53.7 Å². The van der Waals surface area contributed by atoms with Gasteiger partial charge in [0.25, 0.3) is 5.91 Å². The van der Waals surface area contributed by atoms with Crippen LogP contribution in [0.1, 0.15) is 40.6 Å². The summed E-state index contributed by atoms with van der Waals surface area (Å²) in [6, 6.07) is 12.4. The van der Waals surface area contributed by atoms with E-state index >= 15 is 0 Å². The van der Waals surface area contributed by atoms with Gasteiger partial charge in [-0.1, -0.05) is 23.4 Å². The Morgan fingerprint density at radius 1 is 1.21 bits per heavy atom. The number of aromatic nitrogens is 3. The highest BCUT2D eigenvalue weighted by atomic mass is 16.5. The van der Waals surface area contributed by atoms with Crippen molar-refractivity contribution >= 4 is 16.7 Å². The second kappa shape index (κ2) is 7.98. The normalized spacial score (nSPS) is 14.9. The fourth-order valence-corrected chi connectivity index (χ4v) is 3.72. The summed E-state index contributed by atoms with van der Waals surface area (Å²) >= 11 is 0. The number of piperidine rings is 1. The third-order valence-electron chi connectivity index (χ3n) is 5.36. The first-order valence-corrected chi connectivity index (χ1v) is 9.63. The first kappa shape index (κ1) is 18.4. The Labute approximate surface area is 164 Å². The number of hydrogen-bond acceptors (Lipinski definition) is 5. The Bertz CT molecular complexity index is 992. The van der Waals surface area contributed by atoms with E-state index in [1.54, 1.807) is 7.11 Å². The standard InChI is InChI=1S/C21H25N5O2/c1-14-20(24-25-26(14)18-7-9-22-10-8-18)21(27)23-13-15-3-4-17-12-19(28-2)6-5-16(17)11-15/h3-6,11-12,18,22H,7-10,13H2,1-2H3,(H,23,27). The van der Waals surface area contributed by atoms with Crippen molar-refractivity contribution in [3.8, 4) is 5.75 Å². The van der Waals surface area contributed by atoms with Crippen LogP contribution in [-0.4, -0.2) is 41.1 Å². The number of ether oxygens (including phenoxy) is 1. The molecule has 1 amide bonds. The summed E-state index contributed by atoms with van der Waals surface area (Å²) in [5, 5.41) is 16.9. The highest BCUT2D eigenvalue weighted by molar-refractivity contribution is 5.93. The molecule has 0 spiro atoms. The van der Waals surface area contributed by atoms with E-state index in [1.165, 1.54) is 0 Å². The lowest BCUT2D eigenvalue weighted by Crippen LogP contribution is -2.30. The zero-order chi connectivity index (χ0) is 19.5. The summed E-state index contributed by atoms with van der Waals surface area (Å²) in [5.41, 5.74) is 2.27. The molecule has 0 unspecified atom stereocenters. The molecule has 0 radical (unpaired) electrons. The smallest absolute Gasteiger partial charge is 0.274 e. The van der Waals surface area contributed by atoms with E-state index in [0.29, 0.717) is 18.3 Å². The van der Waals surface area contributed by atoms with Gasteiger partial charge in [0.15, 0.2) is 5.69 Å². The molecule has 1 fully saturated rings. The maximum absolute atomic E-state index is 12.6. The zero-order valence-corrected chi connectivity index (χ0v) is 16.2. The molecule has 28 heavy (non-hydrogen) atoms. The minimum atomic E-state index is -0.187. The third-order valence-corrected chi connectivity index (χ3v) is 5.36. The number of nitrogens with one attached hydrogen (secondary N) is 2. The van der Waals surface area contributed by atoms with Crippen LogP contribution in [0.15, 0.2) is 36.4 Å². The molecular formula is C21H25N5O2. The van der Waals surface area contributed by atoms with Crippen molar-refractivity contribution in [1.82, 2.24) is 25.6 Å². The molecule has 146 valence electrons. The SMILES string of the molecule is COc1ccc2cc(CNC(=O)c3nnn(C4CCNCC4)c3C)ccc2c1. The van der Waals surface area contributed by atoms with Gasteiger partial charge in [-0.25, -0.2) is 4.68 Å². The van der Waals surface area contributed by atoms with Gasteiger partial charge in [-0.2, -0.15) is 0 Å². The summed E-state index contributed by atoms with van der Waals surface area (Å²) in [5.74, 6) is 0.647.